The van der Waals surface area contributed by atoms with Gasteiger partial charge in [-0.1, -0.05) is 5.21 Å². The summed E-state index contributed by atoms with van der Waals surface area (Å²) in [5.41, 5.74) is 0.485. The van der Waals surface area contributed by atoms with E-state index in [9.17, 15) is 14.5 Å². The zero-order valence-electron chi connectivity index (χ0n) is 9.76. The topological polar surface area (TPSA) is 112 Å². The van der Waals surface area contributed by atoms with Crippen LogP contribution in [0.3, 0.4) is 0 Å². The average molecular weight is 269 g/mol. The van der Waals surface area contributed by atoms with Gasteiger partial charge in [0, 0.05) is 0 Å². The Morgan fingerprint density at radius 1 is 1.53 bits per heavy atom. The molecule has 2 aromatic rings. The molecule has 0 spiro atoms. The van der Waals surface area contributed by atoms with Gasteiger partial charge in [-0.25, -0.2) is 9.07 Å². The quantitative estimate of drug-likeness (QED) is 0.580. The predicted octanol–water partition coefficient (Wildman–Crippen LogP) is -0.0660. The summed E-state index contributed by atoms with van der Waals surface area (Å²) >= 11 is 0. The molecule has 9 nitrogen and oxygen atoms in total. The fourth-order valence-electron chi connectivity index (χ4n) is 1.48. The molecule has 0 aromatic carbocycles. The summed E-state index contributed by atoms with van der Waals surface area (Å²) in [6, 6.07) is -0.765. The summed E-state index contributed by atoms with van der Waals surface area (Å²) in [7, 11) is 0. The van der Waals surface area contributed by atoms with E-state index in [0.717, 1.165) is 0 Å². The second-order valence-electron chi connectivity index (χ2n) is 3.84. The van der Waals surface area contributed by atoms with E-state index < -0.39 is 17.6 Å². The Hall–Kier alpha value is -2.36. The number of rotatable bonds is 6. The van der Waals surface area contributed by atoms with Crippen molar-refractivity contribution in [1.29, 1.82) is 0 Å². The second-order valence-corrected chi connectivity index (χ2v) is 3.84. The van der Waals surface area contributed by atoms with Gasteiger partial charge in [-0.3, -0.25) is 0 Å². The summed E-state index contributed by atoms with van der Waals surface area (Å²) < 4.78 is 15.2. The first kappa shape index (κ1) is 13.1. The molecule has 19 heavy (non-hydrogen) atoms. The number of alkyl halides is 1. The van der Waals surface area contributed by atoms with E-state index in [1.165, 1.54) is 28.0 Å². The van der Waals surface area contributed by atoms with Crippen molar-refractivity contribution in [2.75, 3.05) is 13.3 Å². The predicted molar refractivity (Wildman–Crippen MR) is 60.1 cm³/mol. The van der Waals surface area contributed by atoms with Crippen LogP contribution in [0.15, 0.2) is 18.7 Å². The molecule has 2 rings (SSSR count). The third-order valence-electron chi connectivity index (χ3n) is 2.47. The zero-order chi connectivity index (χ0) is 13.8. The minimum absolute atomic E-state index is 0.227. The van der Waals surface area contributed by atoms with Gasteiger partial charge in [0.2, 0.25) is 6.33 Å². The van der Waals surface area contributed by atoms with Crippen molar-refractivity contribution in [3.05, 3.63) is 34.5 Å². The lowest BCUT2D eigenvalue weighted by atomic mass is 10.3. The number of aromatic nitrogens is 5. The lowest BCUT2D eigenvalue weighted by Gasteiger charge is -2.07. The largest absolute Gasteiger partial charge is 0.394 e. The molecule has 0 aliphatic heterocycles. The van der Waals surface area contributed by atoms with Crippen molar-refractivity contribution in [2.24, 2.45) is 0 Å². The van der Waals surface area contributed by atoms with Gasteiger partial charge >= 0.3 is 5.82 Å². The van der Waals surface area contributed by atoms with Gasteiger partial charge in [0.15, 0.2) is 0 Å². The molecule has 2 heterocycles. The van der Waals surface area contributed by atoms with Gasteiger partial charge in [-0.05, 0) is 9.91 Å². The van der Waals surface area contributed by atoms with Crippen LogP contribution in [0.25, 0.3) is 0 Å². The zero-order valence-corrected chi connectivity index (χ0v) is 9.76. The minimum atomic E-state index is -0.765. The molecule has 0 bridgehead atoms. The normalized spacial score (nSPS) is 12.5. The van der Waals surface area contributed by atoms with Gasteiger partial charge in [-0.15, -0.1) is 5.10 Å². The van der Waals surface area contributed by atoms with Crippen LogP contribution < -0.4 is 0 Å². The number of hydrogen-bond acceptors (Lipinski definition) is 6. The standard InChI is InChI=1S/C9H11FN6O3/c10-1-8(5-17)15-3-7(12-13-15)2-14-4-9(11-6-14)16(18)19/h3-4,6,8,17H,1-2,5H2/i10-1. The van der Waals surface area contributed by atoms with E-state index >= 15 is 0 Å². The number of hydrogen-bond donors (Lipinski definition) is 1. The maximum Gasteiger partial charge on any atom is 0.381 e. The molecular weight excluding hydrogens is 258 g/mol. The number of halogens is 1. The summed E-state index contributed by atoms with van der Waals surface area (Å²) in [5.74, 6) is -0.260. The van der Waals surface area contributed by atoms with Crippen molar-refractivity contribution >= 4 is 5.82 Å². The lowest BCUT2D eigenvalue weighted by molar-refractivity contribution is -0.389. The summed E-state index contributed by atoms with van der Waals surface area (Å²) in [6.45, 7) is -0.906. The van der Waals surface area contributed by atoms with Crippen LogP contribution in [0.5, 0.6) is 0 Å². The third kappa shape index (κ3) is 2.91. The Morgan fingerprint density at radius 3 is 2.89 bits per heavy atom. The molecule has 0 aliphatic rings. The minimum Gasteiger partial charge on any atom is -0.394 e. The van der Waals surface area contributed by atoms with Crippen LogP contribution >= 0.6 is 0 Å². The number of imidazole rings is 1. The molecule has 0 amide bonds. The molecular formula is C9H11FN6O3. The van der Waals surface area contributed by atoms with Crippen LogP contribution in [-0.4, -0.2) is 47.9 Å². The van der Waals surface area contributed by atoms with Crippen LogP contribution in [0, 0.1) is 10.1 Å². The molecule has 0 fully saturated rings. The Labute approximate surface area is 106 Å². The van der Waals surface area contributed by atoms with Gasteiger partial charge in [0.1, 0.15) is 24.6 Å². The Bertz CT molecular complexity index is 564. The van der Waals surface area contributed by atoms with E-state index in [1.807, 2.05) is 0 Å². The summed E-state index contributed by atoms with van der Waals surface area (Å²) in [5, 5.41) is 26.9. The van der Waals surface area contributed by atoms with Crippen molar-refractivity contribution in [3.8, 4) is 0 Å². The number of nitro groups is 1. The van der Waals surface area contributed by atoms with Crippen molar-refractivity contribution in [1.82, 2.24) is 24.5 Å². The smallest absolute Gasteiger partial charge is 0.381 e. The van der Waals surface area contributed by atoms with Crippen LogP contribution in [0.2, 0.25) is 0 Å². The molecule has 102 valence electrons. The molecule has 2 aromatic heterocycles. The van der Waals surface area contributed by atoms with E-state index in [2.05, 4.69) is 15.3 Å². The van der Waals surface area contributed by atoms with Crippen molar-refractivity contribution in [2.45, 2.75) is 12.6 Å². The SMILES string of the molecule is O=[N+]([O-])c1cn(Cc2cn(C(CO)C[18F])nn2)cn1. The number of aliphatic hydroxyl groups excluding tert-OH is 1. The number of aliphatic hydroxyl groups is 1. The molecule has 1 N–H and O–H groups in total. The average Bonchev–Trinajstić information content (AvgIpc) is 3.01. The first-order chi connectivity index (χ1) is 9.13. The van der Waals surface area contributed by atoms with E-state index in [4.69, 9.17) is 5.11 Å². The van der Waals surface area contributed by atoms with Crippen LogP contribution in [0.4, 0.5) is 10.2 Å². The summed E-state index contributed by atoms with van der Waals surface area (Å²) in [4.78, 5) is 13.5. The van der Waals surface area contributed by atoms with Gasteiger partial charge in [0.05, 0.1) is 19.3 Å². The molecule has 1 unspecified atom stereocenters. The molecule has 0 aliphatic carbocycles. The first-order valence-corrected chi connectivity index (χ1v) is 5.37. The molecule has 0 radical (unpaired) electrons. The van der Waals surface area contributed by atoms with E-state index in [-0.39, 0.29) is 19.0 Å². The Morgan fingerprint density at radius 2 is 2.32 bits per heavy atom. The highest BCUT2D eigenvalue weighted by molar-refractivity contribution is 5.13. The third-order valence-corrected chi connectivity index (χ3v) is 2.47. The van der Waals surface area contributed by atoms with Gasteiger partial charge < -0.3 is 19.8 Å². The molecule has 0 saturated carbocycles. The van der Waals surface area contributed by atoms with Crippen LogP contribution in [0.1, 0.15) is 11.7 Å². The maximum atomic E-state index is 12.5. The Balaban J connectivity index is 2.08. The van der Waals surface area contributed by atoms with E-state index in [0.29, 0.717) is 5.69 Å². The lowest BCUT2D eigenvalue weighted by Crippen LogP contribution is -2.15. The molecule has 1 atom stereocenters. The number of nitrogens with zero attached hydrogens (tertiary/aromatic N) is 6. The Kier molecular flexibility index (Phi) is 3.80. The van der Waals surface area contributed by atoms with Crippen molar-refractivity contribution < 1.29 is 14.4 Å². The fourth-order valence-corrected chi connectivity index (χ4v) is 1.48. The molecule has 10 heteroatoms. The van der Waals surface area contributed by atoms with Crippen LogP contribution in [-0.2, 0) is 6.54 Å². The summed E-state index contributed by atoms with van der Waals surface area (Å²) in [6.07, 6.45) is 4.04. The second kappa shape index (κ2) is 5.52. The van der Waals surface area contributed by atoms with E-state index in [1.54, 1.807) is 0 Å². The van der Waals surface area contributed by atoms with Crippen molar-refractivity contribution in [3.63, 3.8) is 0 Å². The van der Waals surface area contributed by atoms with Gasteiger partial charge in [-0.2, -0.15) is 0 Å². The molecule has 0 saturated heterocycles. The highest BCUT2D eigenvalue weighted by atomic mass is 18.2. The van der Waals surface area contributed by atoms with Gasteiger partial charge in [0.25, 0.3) is 0 Å². The monoisotopic (exact) mass is 269 g/mol. The fraction of sp³-hybridized carbons (Fsp3) is 0.444. The highest BCUT2D eigenvalue weighted by Gasteiger charge is 2.14. The highest BCUT2D eigenvalue weighted by Crippen LogP contribution is 2.09. The maximum absolute atomic E-state index is 12.5. The first-order valence-electron chi connectivity index (χ1n) is 5.37.